The van der Waals surface area contributed by atoms with Crippen LogP contribution in [0.1, 0.15) is 73.7 Å². The topological polar surface area (TPSA) is 111 Å². The molecule has 4 aliphatic heterocycles. The molecule has 0 aromatic heterocycles. The summed E-state index contributed by atoms with van der Waals surface area (Å²) in [5.74, 6) is -0.484. The number of benzene rings is 3. The number of anilines is 1. The van der Waals surface area contributed by atoms with E-state index in [0.29, 0.717) is 25.2 Å². The van der Waals surface area contributed by atoms with Crippen LogP contribution < -0.4 is 4.90 Å². The largest absolute Gasteiger partial charge is 0.469 e. The number of rotatable bonds is 13. The molecule has 10 nitrogen and oxygen atoms in total. The fourth-order valence-corrected chi connectivity index (χ4v) is 12.5. The molecule has 5 fully saturated rings. The number of methoxy groups -OCH3 is 1. The summed E-state index contributed by atoms with van der Waals surface area (Å²) in [6.45, 7) is 4.20. The third-order valence-corrected chi connectivity index (χ3v) is 16.7. The Bertz CT molecular complexity index is 2220. The summed E-state index contributed by atoms with van der Waals surface area (Å²) < 4.78 is 103. The minimum Gasteiger partial charge on any atom is -0.469 e. The smallest absolute Gasteiger partial charge is 0.417 e. The zero-order chi connectivity index (χ0) is 44.8. The van der Waals surface area contributed by atoms with Gasteiger partial charge in [0, 0.05) is 62.1 Å². The average molecular weight is 901 g/mol. The fourth-order valence-electron chi connectivity index (χ4n) is 11.3. The van der Waals surface area contributed by atoms with Gasteiger partial charge in [-0.05, 0) is 142 Å². The number of sulfone groups is 1. The number of likely N-dealkylation sites (tertiary alicyclic amines) is 3. The van der Waals surface area contributed by atoms with Crippen LogP contribution in [0.3, 0.4) is 0 Å². The van der Waals surface area contributed by atoms with Crippen LogP contribution in [0, 0.1) is 23.6 Å². The maximum atomic E-state index is 16.4. The molecule has 4 saturated heterocycles. The highest BCUT2D eigenvalue weighted by Crippen LogP contribution is 2.54. The van der Waals surface area contributed by atoms with Crippen molar-refractivity contribution in [3.63, 3.8) is 0 Å². The third-order valence-electron chi connectivity index (χ3n) is 14.9. The zero-order valence-corrected chi connectivity index (χ0v) is 36.5. The highest BCUT2D eigenvalue weighted by Gasteiger charge is 2.56. The third kappa shape index (κ3) is 9.11. The average Bonchev–Trinajstić information content (AvgIpc) is 3.70. The van der Waals surface area contributed by atoms with Gasteiger partial charge in [-0.25, -0.2) is 17.2 Å². The van der Waals surface area contributed by atoms with Crippen molar-refractivity contribution in [3.8, 4) is 0 Å². The van der Waals surface area contributed by atoms with Crippen molar-refractivity contribution in [2.24, 2.45) is 17.8 Å². The molecule has 0 bridgehead atoms. The lowest BCUT2D eigenvalue weighted by molar-refractivity contribution is -0.271. The first-order chi connectivity index (χ1) is 29.9. The first-order valence-corrected chi connectivity index (χ1v) is 23.7. The van der Waals surface area contributed by atoms with Gasteiger partial charge in [-0.15, -0.1) is 0 Å². The summed E-state index contributed by atoms with van der Waals surface area (Å²) in [5, 5.41) is 9.93. The Morgan fingerprint density at radius 2 is 1.46 bits per heavy atom. The number of hydrogen-bond acceptors (Lipinski definition) is 9. The van der Waals surface area contributed by atoms with E-state index in [1.807, 2.05) is 4.90 Å². The SMILES string of the molecule is COC(=O)C[C@H]1CCC[C@@H]1[C@](CN1CCC1)(c1cccc(F)c1)C1CCN(CC2(F)CN(c3ccc(S(=O)(=O)c4ccc(C(=O)N5CCC(O)(C(F)(F)F)CC5)cc4)cc3)C2)CC1. The number of ether oxygens (including phenoxy) is 1. The van der Waals surface area contributed by atoms with E-state index in [4.69, 9.17) is 4.74 Å². The van der Waals surface area contributed by atoms with Crippen molar-refractivity contribution in [2.75, 3.05) is 77.5 Å². The van der Waals surface area contributed by atoms with Gasteiger partial charge in [0.2, 0.25) is 9.84 Å². The van der Waals surface area contributed by atoms with Crippen LogP contribution in [0.25, 0.3) is 0 Å². The quantitative estimate of drug-likeness (QED) is 0.143. The maximum absolute atomic E-state index is 16.4. The summed E-state index contributed by atoms with van der Waals surface area (Å²) in [5.41, 5.74) is -2.86. The van der Waals surface area contributed by atoms with Crippen LogP contribution >= 0.6 is 0 Å². The van der Waals surface area contributed by atoms with Crippen molar-refractivity contribution in [3.05, 3.63) is 89.7 Å². The second-order valence-electron chi connectivity index (χ2n) is 18.7. The standard InChI is InChI=1S/C47H57F5N4O6S/c1-62-42(57)27-34-5-2-8-41(34)46(32-53-21-4-22-53,36-6-3-7-37(48)28-36)35-17-23-54(24-18-35)29-44(49)30-56(31-44)38-11-15-40(16-12-38)63(60,61)39-13-9-33(10-14-39)43(58)55-25-19-45(59,20-26-55)47(50,51)52/h3,6-7,9-16,28,34-35,41,59H,2,4-5,8,17-27,29-32H2,1H3/t34-,41+,46+/m1/s1. The van der Waals surface area contributed by atoms with Crippen LogP contribution in [-0.2, 0) is 24.8 Å². The molecule has 63 heavy (non-hydrogen) atoms. The fraction of sp³-hybridized carbons (Fsp3) is 0.574. The Morgan fingerprint density at radius 3 is 2.03 bits per heavy atom. The predicted octanol–water partition coefficient (Wildman–Crippen LogP) is 7.05. The zero-order valence-electron chi connectivity index (χ0n) is 35.7. The van der Waals surface area contributed by atoms with Crippen LogP contribution in [0.4, 0.5) is 27.6 Å². The normalized spacial score (nSPS) is 24.3. The van der Waals surface area contributed by atoms with E-state index < -0.39 is 46.0 Å². The number of aliphatic hydroxyl groups is 1. The first kappa shape index (κ1) is 45.4. The Labute approximate surface area is 366 Å². The molecular weight excluding hydrogens is 844 g/mol. The molecule has 3 atom stereocenters. The molecule has 0 unspecified atom stereocenters. The van der Waals surface area contributed by atoms with E-state index >= 15 is 8.78 Å². The number of hydrogen-bond donors (Lipinski definition) is 1. The van der Waals surface area contributed by atoms with E-state index in [-0.39, 0.29) is 83.0 Å². The van der Waals surface area contributed by atoms with E-state index in [1.165, 1.54) is 54.5 Å². The lowest BCUT2D eigenvalue weighted by Gasteiger charge is -2.54. The van der Waals surface area contributed by atoms with Gasteiger partial charge in [-0.2, -0.15) is 13.2 Å². The van der Waals surface area contributed by atoms with Crippen LogP contribution in [0.15, 0.2) is 82.6 Å². The second kappa shape index (κ2) is 17.7. The number of piperidine rings is 2. The maximum Gasteiger partial charge on any atom is 0.417 e. The molecule has 3 aromatic rings. The van der Waals surface area contributed by atoms with Crippen molar-refractivity contribution in [1.82, 2.24) is 14.7 Å². The van der Waals surface area contributed by atoms with E-state index in [1.54, 1.807) is 24.3 Å². The lowest BCUT2D eigenvalue weighted by Crippen LogP contribution is -2.64. The van der Waals surface area contributed by atoms with Crippen molar-refractivity contribution >= 4 is 27.4 Å². The van der Waals surface area contributed by atoms with Crippen molar-refractivity contribution in [1.29, 1.82) is 0 Å². The van der Waals surface area contributed by atoms with Gasteiger partial charge in [0.05, 0.1) is 30.0 Å². The minimum absolute atomic E-state index is 0.0142. The molecule has 16 heteroatoms. The Morgan fingerprint density at radius 1 is 0.825 bits per heavy atom. The molecule has 1 saturated carbocycles. The van der Waals surface area contributed by atoms with Gasteiger partial charge in [0.1, 0.15) is 5.82 Å². The molecule has 3 aromatic carbocycles. The van der Waals surface area contributed by atoms with Gasteiger partial charge in [-0.1, -0.05) is 18.6 Å². The molecule has 5 aliphatic rings. The molecule has 342 valence electrons. The molecule has 1 amide bonds. The minimum atomic E-state index is -4.80. The summed E-state index contributed by atoms with van der Waals surface area (Å²) in [6, 6.07) is 18.5. The van der Waals surface area contributed by atoms with Gasteiger partial charge in [0.25, 0.3) is 5.91 Å². The molecule has 1 N–H and O–H groups in total. The monoisotopic (exact) mass is 900 g/mol. The summed E-state index contributed by atoms with van der Waals surface area (Å²) in [4.78, 5) is 33.3. The highest BCUT2D eigenvalue weighted by atomic mass is 32.2. The number of carbonyl (C=O) groups excluding carboxylic acids is 2. The highest BCUT2D eigenvalue weighted by molar-refractivity contribution is 7.91. The molecule has 0 spiro atoms. The Hall–Kier alpha value is -4.12. The van der Waals surface area contributed by atoms with Crippen molar-refractivity contribution in [2.45, 2.75) is 90.4 Å². The molecule has 4 heterocycles. The summed E-state index contributed by atoms with van der Waals surface area (Å²) in [7, 11) is -2.56. The van der Waals surface area contributed by atoms with Crippen LogP contribution in [-0.4, -0.2) is 130 Å². The van der Waals surface area contributed by atoms with Crippen molar-refractivity contribution < 1.29 is 49.8 Å². The van der Waals surface area contributed by atoms with Gasteiger partial charge < -0.3 is 24.5 Å². The number of carbonyl (C=O) groups is 2. The summed E-state index contributed by atoms with van der Waals surface area (Å²) in [6.07, 6.45) is -0.0367. The Balaban J connectivity index is 0.880. The lowest BCUT2D eigenvalue weighted by atomic mass is 9.56. The number of amides is 1. The molecule has 8 rings (SSSR count). The first-order valence-electron chi connectivity index (χ1n) is 22.2. The van der Waals surface area contributed by atoms with Crippen LogP contribution in [0.5, 0.6) is 0 Å². The molecule has 0 radical (unpaired) electrons. The number of halogens is 5. The van der Waals surface area contributed by atoms with E-state index in [9.17, 15) is 36.3 Å². The second-order valence-corrected chi connectivity index (χ2v) is 20.6. The van der Waals surface area contributed by atoms with Gasteiger partial charge in [-0.3, -0.25) is 14.5 Å². The summed E-state index contributed by atoms with van der Waals surface area (Å²) >= 11 is 0. The van der Waals surface area contributed by atoms with E-state index in [2.05, 4.69) is 15.9 Å². The van der Waals surface area contributed by atoms with Crippen LogP contribution in [0.2, 0.25) is 0 Å². The number of nitrogens with zero attached hydrogens (tertiary/aromatic N) is 4. The van der Waals surface area contributed by atoms with Gasteiger partial charge >= 0.3 is 12.1 Å². The predicted molar refractivity (Wildman–Crippen MR) is 226 cm³/mol. The van der Waals surface area contributed by atoms with E-state index in [0.717, 1.165) is 63.7 Å². The number of esters is 1. The van der Waals surface area contributed by atoms with Gasteiger partial charge in [0.15, 0.2) is 11.3 Å². The molecular formula is C47H57F5N4O6S. The Kier molecular flexibility index (Phi) is 12.8. The number of alkyl halides is 4. The molecule has 1 aliphatic carbocycles.